The number of tetrazole rings is 1. The molecule has 16 heteroatoms. The van der Waals surface area contributed by atoms with Gasteiger partial charge < -0.3 is 19.4 Å². The van der Waals surface area contributed by atoms with E-state index in [2.05, 4.69) is 56.4 Å². The maximum Gasteiger partial charge on any atom is 0.267 e. The van der Waals surface area contributed by atoms with Crippen LogP contribution in [0.2, 0.25) is 0 Å². The van der Waals surface area contributed by atoms with Crippen molar-refractivity contribution in [2.75, 3.05) is 64.6 Å². The molecule has 0 bridgehead atoms. The van der Waals surface area contributed by atoms with Crippen molar-refractivity contribution in [2.45, 2.75) is 52.0 Å². The average molecular weight is 768 g/mol. The maximum absolute atomic E-state index is 14.3. The molecule has 1 aliphatic rings. The molecule has 1 unspecified atom stereocenters. The minimum atomic E-state index is -0.351. The third-order valence-corrected chi connectivity index (χ3v) is 10.4. The van der Waals surface area contributed by atoms with Crippen LogP contribution in [0, 0.1) is 5.92 Å². The molecule has 1 aromatic carbocycles. The molecule has 290 valence electrons. The lowest BCUT2D eigenvalue weighted by Gasteiger charge is -2.34. The topological polar surface area (TPSA) is 156 Å². The molecule has 4 aromatic heterocycles. The number of carbonyl (C=O) groups is 2. The van der Waals surface area contributed by atoms with Gasteiger partial charge in [0.25, 0.3) is 11.5 Å². The first-order valence-electron chi connectivity index (χ1n) is 18.3. The molecular formula is C39H49N11O4S. The Morgan fingerprint density at radius 2 is 1.85 bits per heavy atom. The summed E-state index contributed by atoms with van der Waals surface area (Å²) in [6, 6.07) is 10.9. The zero-order valence-corrected chi connectivity index (χ0v) is 33.3. The summed E-state index contributed by atoms with van der Waals surface area (Å²) >= 11 is 1.37. The molecule has 1 N–H and O–H groups in total. The summed E-state index contributed by atoms with van der Waals surface area (Å²) in [6.07, 6.45) is 7.10. The number of benzene rings is 1. The SMILES string of the molecule is COc1ccc(Cn2nnnc2/C=C/c2c(N3CCCC(CC(=O)N(C)CCN(C)C)C3)nc3cc(C(=O)Nc4nc(C(C)(C)C)cs4)ccn3c2=O)cc1. The van der Waals surface area contributed by atoms with Gasteiger partial charge in [-0.2, -0.15) is 0 Å². The van der Waals surface area contributed by atoms with Gasteiger partial charge in [-0.1, -0.05) is 32.9 Å². The molecule has 1 aliphatic heterocycles. The van der Waals surface area contributed by atoms with Gasteiger partial charge in [0, 0.05) is 62.2 Å². The van der Waals surface area contributed by atoms with Gasteiger partial charge in [0.05, 0.1) is 24.9 Å². The quantitative estimate of drug-likeness (QED) is 0.180. The lowest BCUT2D eigenvalue weighted by molar-refractivity contribution is -0.131. The van der Waals surface area contributed by atoms with Crippen LogP contribution in [0.15, 0.2) is 52.8 Å². The number of aromatic nitrogens is 7. The van der Waals surface area contributed by atoms with Crippen molar-refractivity contribution in [3.8, 4) is 5.75 Å². The first-order valence-corrected chi connectivity index (χ1v) is 19.2. The van der Waals surface area contributed by atoms with E-state index >= 15 is 0 Å². The van der Waals surface area contributed by atoms with Gasteiger partial charge >= 0.3 is 0 Å². The number of ether oxygens (including phenoxy) is 1. The second-order valence-corrected chi connectivity index (χ2v) is 16.1. The van der Waals surface area contributed by atoms with E-state index in [1.165, 1.54) is 15.7 Å². The van der Waals surface area contributed by atoms with Crippen LogP contribution in [0.5, 0.6) is 5.75 Å². The molecule has 15 nitrogen and oxygen atoms in total. The number of nitrogens with one attached hydrogen (secondary N) is 1. The minimum absolute atomic E-state index is 0.0744. The van der Waals surface area contributed by atoms with E-state index in [0.717, 1.165) is 36.4 Å². The van der Waals surface area contributed by atoms with Gasteiger partial charge in [-0.05, 0) is 85.3 Å². The van der Waals surface area contributed by atoms with Gasteiger partial charge in [-0.3, -0.25) is 24.1 Å². The number of hydrogen-bond donors (Lipinski definition) is 1. The minimum Gasteiger partial charge on any atom is -0.497 e. The number of methoxy groups -OCH3 is 1. The molecule has 6 rings (SSSR count). The van der Waals surface area contributed by atoms with E-state index in [4.69, 9.17) is 9.72 Å². The summed E-state index contributed by atoms with van der Waals surface area (Å²) in [5.74, 6) is 1.49. The van der Waals surface area contributed by atoms with Crippen molar-refractivity contribution in [1.29, 1.82) is 0 Å². The van der Waals surface area contributed by atoms with Crippen LogP contribution in [-0.2, 0) is 16.8 Å². The fraction of sp³-hybridized carbons (Fsp3) is 0.436. The molecule has 5 heterocycles. The Balaban J connectivity index is 1.32. The molecule has 1 atom stereocenters. The van der Waals surface area contributed by atoms with Crippen molar-refractivity contribution in [1.82, 2.24) is 44.4 Å². The Bertz CT molecular complexity index is 2220. The first kappa shape index (κ1) is 39.2. The highest BCUT2D eigenvalue weighted by Crippen LogP contribution is 2.29. The molecule has 55 heavy (non-hydrogen) atoms. The van der Waals surface area contributed by atoms with E-state index in [1.54, 1.807) is 47.2 Å². The highest BCUT2D eigenvalue weighted by molar-refractivity contribution is 7.14. The van der Waals surface area contributed by atoms with E-state index in [1.807, 2.05) is 50.8 Å². The van der Waals surface area contributed by atoms with Crippen molar-refractivity contribution < 1.29 is 14.3 Å². The summed E-state index contributed by atoms with van der Waals surface area (Å²) in [7, 11) is 7.44. The average Bonchev–Trinajstić information content (AvgIpc) is 3.83. The number of anilines is 2. The van der Waals surface area contributed by atoms with Gasteiger partial charge in [0.1, 0.15) is 17.2 Å². The number of likely N-dealkylation sites (N-methyl/N-ethyl adjacent to an activating group) is 2. The number of hydrogen-bond acceptors (Lipinski definition) is 12. The summed E-state index contributed by atoms with van der Waals surface area (Å²) in [5.41, 5.74) is 2.42. The zero-order chi connectivity index (χ0) is 39.3. The highest BCUT2D eigenvalue weighted by atomic mass is 32.1. The van der Waals surface area contributed by atoms with Crippen LogP contribution >= 0.6 is 11.3 Å². The van der Waals surface area contributed by atoms with Crippen LogP contribution in [0.25, 0.3) is 17.8 Å². The fourth-order valence-electron chi connectivity index (χ4n) is 6.32. The van der Waals surface area contributed by atoms with Crippen molar-refractivity contribution in [3.63, 3.8) is 0 Å². The van der Waals surface area contributed by atoms with Crippen LogP contribution in [0.3, 0.4) is 0 Å². The van der Waals surface area contributed by atoms with Gasteiger partial charge in [0.2, 0.25) is 5.91 Å². The zero-order valence-electron chi connectivity index (χ0n) is 32.5. The van der Waals surface area contributed by atoms with Crippen LogP contribution < -0.4 is 20.5 Å². The summed E-state index contributed by atoms with van der Waals surface area (Å²) < 4.78 is 8.37. The van der Waals surface area contributed by atoms with Crippen LogP contribution in [0.4, 0.5) is 10.9 Å². The molecule has 1 saturated heterocycles. The Morgan fingerprint density at radius 3 is 2.56 bits per heavy atom. The molecule has 0 aliphatic carbocycles. The lowest BCUT2D eigenvalue weighted by Crippen LogP contribution is -2.41. The largest absolute Gasteiger partial charge is 0.497 e. The molecule has 5 aromatic rings. The molecule has 1 fully saturated rings. The van der Waals surface area contributed by atoms with Crippen molar-refractivity contribution in [3.05, 3.63) is 86.5 Å². The second-order valence-electron chi connectivity index (χ2n) is 15.2. The number of fused-ring (bicyclic) bond motifs is 1. The lowest BCUT2D eigenvalue weighted by atomic mass is 9.93. The monoisotopic (exact) mass is 767 g/mol. The number of thiazole rings is 1. The number of carbonyl (C=O) groups excluding carboxylic acids is 2. The number of piperidine rings is 1. The van der Waals surface area contributed by atoms with E-state index in [9.17, 15) is 14.4 Å². The number of pyridine rings is 1. The molecule has 2 amide bonds. The van der Waals surface area contributed by atoms with Crippen molar-refractivity contribution >= 4 is 51.9 Å². The maximum atomic E-state index is 14.3. The summed E-state index contributed by atoms with van der Waals surface area (Å²) in [4.78, 5) is 56.5. The molecule has 0 spiro atoms. The smallest absolute Gasteiger partial charge is 0.267 e. The summed E-state index contributed by atoms with van der Waals surface area (Å²) in [5, 5.41) is 17.6. The molecular weight excluding hydrogens is 719 g/mol. The van der Waals surface area contributed by atoms with E-state index in [-0.39, 0.29) is 28.7 Å². The molecule has 0 radical (unpaired) electrons. The summed E-state index contributed by atoms with van der Waals surface area (Å²) in [6.45, 7) is 9.25. The van der Waals surface area contributed by atoms with Gasteiger partial charge in [-0.15, -0.1) is 16.4 Å². The van der Waals surface area contributed by atoms with Crippen LogP contribution in [-0.4, -0.2) is 111 Å². The first-order chi connectivity index (χ1) is 26.3. The highest BCUT2D eigenvalue weighted by Gasteiger charge is 2.27. The fourth-order valence-corrected chi connectivity index (χ4v) is 7.25. The normalized spacial score (nSPS) is 14.9. The van der Waals surface area contributed by atoms with E-state index < -0.39 is 0 Å². The number of nitrogens with zero attached hydrogens (tertiary/aromatic N) is 10. The van der Waals surface area contributed by atoms with Crippen molar-refractivity contribution in [2.24, 2.45) is 5.92 Å². The third kappa shape index (κ3) is 9.61. The Hall–Kier alpha value is -5.48. The third-order valence-electron chi connectivity index (χ3n) is 9.64. The van der Waals surface area contributed by atoms with E-state index in [0.29, 0.717) is 66.1 Å². The predicted octanol–water partition coefficient (Wildman–Crippen LogP) is 4.54. The number of amides is 2. The van der Waals surface area contributed by atoms with Gasteiger partial charge in [-0.25, -0.2) is 14.6 Å². The van der Waals surface area contributed by atoms with Crippen LogP contribution in [0.1, 0.15) is 73.0 Å². The second kappa shape index (κ2) is 16.9. The predicted molar refractivity (Wildman–Crippen MR) is 215 cm³/mol. The standard InChI is InChI=1S/C39H49N11O4S/c1-39(2,3)31-25-55-38(40-31)42-36(52)28-16-18-49-33(22-28)41-35(48-17-8-9-27(23-48)21-34(51)47(6)20-19-46(4)5)30(37(49)53)14-15-32-43-44-45-50(32)24-26-10-12-29(54-7)13-11-26/h10-16,18,22,25,27H,8-9,17,19-21,23-24H2,1-7H3,(H,40,42,52)/b15-14+. The Kier molecular flexibility index (Phi) is 12.1. The number of rotatable bonds is 13. The Labute approximate surface area is 324 Å². The Morgan fingerprint density at radius 1 is 1.07 bits per heavy atom. The van der Waals surface area contributed by atoms with Gasteiger partial charge in [0.15, 0.2) is 11.0 Å². The molecule has 0 saturated carbocycles.